The van der Waals surface area contributed by atoms with Crippen molar-refractivity contribution >= 4 is 10.9 Å². The van der Waals surface area contributed by atoms with Crippen LogP contribution in [0.4, 0.5) is 0 Å². The van der Waals surface area contributed by atoms with Crippen molar-refractivity contribution in [3.63, 3.8) is 0 Å². The molecule has 0 saturated carbocycles. The molecule has 1 saturated heterocycles. The van der Waals surface area contributed by atoms with E-state index < -0.39 is 0 Å². The van der Waals surface area contributed by atoms with E-state index in [-0.39, 0.29) is 0 Å². The number of hydrogen-bond donors (Lipinski definition) is 1. The van der Waals surface area contributed by atoms with Crippen LogP contribution in [-0.2, 0) is 11.2 Å². The van der Waals surface area contributed by atoms with Gasteiger partial charge in [-0.1, -0.05) is 24.3 Å². The minimum atomic E-state index is 0.488. The van der Waals surface area contributed by atoms with E-state index in [4.69, 9.17) is 4.74 Å². The Morgan fingerprint density at radius 1 is 1.20 bits per heavy atom. The summed E-state index contributed by atoms with van der Waals surface area (Å²) in [6.07, 6.45) is 6.98. The molecule has 1 aliphatic rings. The maximum absolute atomic E-state index is 5.63. The molecule has 0 bridgehead atoms. The van der Waals surface area contributed by atoms with Gasteiger partial charge in [0.1, 0.15) is 0 Å². The van der Waals surface area contributed by atoms with Gasteiger partial charge in [-0.2, -0.15) is 0 Å². The molecule has 3 rings (SSSR count). The molecule has 1 aromatic carbocycles. The molecular formula is C17H22N2O. The second kappa shape index (κ2) is 6.82. The predicted molar refractivity (Wildman–Crippen MR) is 81.9 cm³/mol. The molecule has 1 atom stereocenters. The van der Waals surface area contributed by atoms with Crippen LogP contribution >= 0.6 is 0 Å². The summed E-state index contributed by atoms with van der Waals surface area (Å²) in [6.45, 7) is 3.00. The van der Waals surface area contributed by atoms with Crippen LogP contribution < -0.4 is 5.32 Å². The summed E-state index contributed by atoms with van der Waals surface area (Å²) in [5.74, 6) is 0. The standard InChI is InChI=1S/C17H22N2O/c1-4-14-6-2-10-19-17(14)15(5-1)8-11-18-12-9-16-7-3-13-20-16/h1-2,4-6,10,16,18H,3,7-9,11-13H2. The molecule has 0 spiro atoms. The molecule has 1 N–H and O–H groups in total. The van der Waals surface area contributed by atoms with Crippen molar-refractivity contribution in [3.8, 4) is 0 Å². The second-order valence-corrected chi connectivity index (χ2v) is 5.42. The Hall–Kier alpha value is -1.45. The maximum atomic E-state index is 5.63. The monoisotopic (exact) mass is 270 g/mol. The highest BCUT2D eigenvalue weighted by Gasteiger charge is 2.14. The highest BCUT2D eigenvalue weighted by molar-refractivity contribution is 5.81. The maximum Gasteiger partial charge on any atom is 0.0734 e. The van der Waals surface area contributed by atoms with E-state index in [1.165, 1.54) is 23.8 Å². The summed E-state index contributed by atoms with van der Waals surface area (Å²) in [5, 5.41) is 4.74. The largest absolute Gasteiger partial charge is 0.378 e. The smallest absolute Gasteiger partial charge is 0.0734 e. The molecule has 1 aliphatic heterocycles. The number of fused-ring (bicyclic) bond motifs is 1. The second-order valence-electron chi connectivity index (χ2n) is 5.42. The fourth-order valence-electron chi connectivity index (χ4n) is 2.85. The van der Waals surface area contributed by atoms with Gasteiger partial charge in [0.25, 0.3) is 0 Å². The van der Waals surface area contributed by atoms with Crippen LogP contribution in [0.3, 0.4) is 0 Å². The van der Waals surface area contributed by atoms with Gasteiger partial charge < -0.3 is 10.1 Å². The van der Waals surface area contributed by atoms with E-state index in [0.717, 1.165) is 38.1 Å². The van der Waals surface area contributed by atoms with E-state index in [2.05, 4.69) is 34.6 Å². The molecule has 2 aromatic rings. The van der Waals surface area contributed by atoms with E-state index in [1.807, 2.05) is 12.3 Å². The van der Waals surface area contributed by atoms with Gasteiger partial charge in [-0.3, -0.25) is 4.98 Å². The van der Waals surface area contributed by atoms with Gasteiger partial charge in [0.05, 0.1) is 11.6 Å². The SMILES string of the molecule is c1cnc2c(CCNCCC3CCCO3)cccc2c1. The number of para-hydroxylation sites is 1. The number of rotatable bonds is 6. The van der Waals surface area contributed by atoms with Crippen LogP contribution in [0.1, 0.15) is 24.8 Å². The zero-order valence-corrected chi connectivity index (χ0v) is 11.8. The van der Waals surface area contributed by atoms with Crippen molar-refractivity contribution in [1.82, 2.24) is 10.3 Å². The van der Waals surface area contributed by atoms with Gasteiger partial charge in [-0.05, 0) is 50.4 Å². The Bertz CT molecular complexity index is 544. The van der Waals surface area contributed by atoms with Crippen LogP contribution in [0, 0.1) is 0 Å². The van der Waals surface area contributed by atoms with Gasteiger partial charge in [0.15, 0.2) is 0 Å². The Morgan fingerprint density at radius 2 is 2.15 bits per heavy atom. The molecule has 0 amide bonds. The van der Waals surface area contributed by atoms with Crippen molar-refractivity contribution in [3.05, 3.63) is 42.1 Å². The lowest BCUT2D eigenvalue weighted by Crippen LogP contribution is -2.22. The van der Waals surface area contributed by atoms with Crippen molar-refractivity contribution in [2.75, 3.05) is 19.7 Å². The van der Waals surface area contributed by atoms with Crippen LogP contribution in [0.15, 0.2) is 36.5 Å². The fourth-order valence-corrected chi connectivity index (χ4v) is 2.85. The van der Waals surface area contributed by atoms with E-state index in [0.29, 0.717) is 6.10 Å². The van der Waals surface area contributed by atoms with Crippen molar-refractivity contribution in [2.45, 2.75) is 31.8 Å². The zero-order valence-electron chi connectivity index (χ0n) is 11.8. The number of nitrogens with zero attached hydrogens (tertiary/aromatic N) is 1. The summed E-state index contributed by atoms with van der Waals surface area (Å²) in [7, 11) is 0. The Kier molecular flexibility index (Phi) is 4.61. The normalized spacial score (nSPS) is 18.7. The van der Waals surface area contributed by atoms with Crippen LogP contribution in [-0.4, -0.2) is 30.8 Å². The third-order valence-electron chi connectivity index (χ3n) is 3.95. The first kappa shape index (κ1) is 13.5. The van der Waals surface area contributed by atoms with E-state index in [1.54, 1.807) is 0 Å². The molecule has 0 radical (unpaired) electrons. The lowest BCUT2D eigenvalue weighted by molar-refractivity contribution is 0.104. The Balaban J connectivity index is 1.47. The molecule has 1 unspecified atom stereocenters. The van der Waals surface area contributed by atoms with Crippen LogP contribution in [0.25, 0.3) is 10.9 Å². The molecule has 0 aliphatic carbocycles. The minimum absolute atomic E-state index is 0.488. The zero-order chi connectivity index (χ0) is 13.6. The third-order valence-corrected chi connectivity index (χ3v) is 3.95. The lowest BCUT2D eigenvalue weighted by atomic mass is 10.1. The number of nitrogens with one attached hydrogen (secondary N) is 1. The van der Waals surface area contributed by atoms with E-state index in [9.17, 15) is 0 Å². The predicted octanol–water partition coefficient (Wildman–Crippen LogP) is 2.94. The van der Waals surface area contributed by atoms with Gasteiger partial charge in [-0.25, -0.2) is 0 Å². The topological polar surface area (TPSA) is 34.2 Å². The van der Waals surface area contributed by atoms with Crippen molar-refractivity contribution in [1.29, 1.82) is 0 Å². The van der Waals surface area contributed by atoms with Crippen LogP contribution in [0.5, 0.6) is 0 Å². The average Bonchev–Trinajstić information content (AvgIpc) is 3.00. The molecule has 106 valence electrons. The first-order valence-corrected chi connectivity index (χ1v) is 7.58. The first-order chi connectivity index (χ1) is 9.93. The molecule has 3 nitrogen and oxygen atoms in total. The quantitative estimate of drug-likeness (QED) is 0.820. The average molecular weight is 270 g/mol. The number of hydrogen-bond acceptors (Lipinski definition) is 3. The molecule has 3 heteroatoms. The summed E-state index contributed by atoms with van der Waals surface area (Å²) in [5.41, 5.74) is 2.46. The van der Waals surface area contributed by atoms with Crippen LogP contribution in [0.2, 0.25) is 0 Å². The summed E-state index contributed by atoms with van der Waals surface area (Å²) in [4.78, 5) is 4.50. The van der Waals surface area contributed by atoms with Gasteiger partial charge in [0, 0.05) is 18.2 Å². The fraction of sp³-hybridized carbons (Fsp3) is 0.471. The molecule has 1 aromatic heterocycles. The van der Waals surface area contributed by atoms with Gasteiger partial charge >= 0.3 is 0 Å². The van der Waals surface area contributed by atoms with Crippen molar-refractivity contribution < 1.29 is 4.74 Å². The van der Waals surface area contributed by atoms with Gasteiger partial charge in [-0.15, -0.1) is 0 Å². The number of benzene rings is 1. The summed E-state index contributed by atoms with van der Waals surface area (Å²) in [6, 6.07) is 10.5. The number of ether oxygens (including phenoxy) is 1. The number of aromatic nitrogens is 1. The highest BCUT2D eigenvalue weighted by atomic mass is 16.5. The lowest BCUT2D eigenvalue weighted by Gasteiger charge is -2.10. The van der Waals surface area contributed by atoms with Crippen molar-refractivity contribution in [2.24, 2.45) is 0 Å². The van der Waals surface area contributed by atoms with E-state index >= 15 is 0 Å². The van der Waals surface area contributed by atoms with Gasteiger partial charge in [0.2, 0.25) is 0 Å². The minimum Gasteiger partial charge on any atom is -0.378 e. The Morgan fingerprint density at radius 3 is 3.05 bits per heavy atom. The molecule has 1 fully saturated rings. The third kappa shape index (κ3) is 3.35. The Labute approximate surface area is 120 Å². The summed E-state index contributed by atoms with van der Waals surface area (Å²) >= 11 is 0. The number of pyridine rings is 1. The highest BCUT2D eigenvalue weighted by Crippen LogP contribution is 2.16. The molecule has 2 heterocycles. The molecular weight excluding hydrogens is 248 g/mol. The first-order valence-electron chi connectivity index (χ1n) is 7.58. The molecule has 20 heavy (non-hydrogen) atoms. The summed E-state index contributed by atoms with van der Waals surface area (Å²) < 4.78 is 5.63.